The van der Waals surface area contributed by atoms with Gasteiger partial charge in [-0.25, -0.2) is 4.68 Å². The molecular weight excluding hydrogens is 440 g/mol. The topological polar surface area (TPSA) is 94.5 Å². The van der Waals surface area contributed by atoms with Crippen LogP contribution in [0.3, 0.4) is 0 Å². The number of thioether (sulfide) groups is 1. The van der Waals surface area contributed by atoms with E-state index < -0.39 is 0 Å². The fourth-order valence-electron chi connectivity index (χ4n) is 3.49. The molecule has 9 heteroatoms. The molecule has 1 aliphatic rings. The zero-order valence-electron chi connectivity index (χ0n) is 18.6. The van der Waals surface area contributed by atoms with Gasteiger partial charge in [-0.1, -0.05) is 30.3 Å². The van der Waals surface area contributed by atoms with Crippen LogP contribution in [-0.4, -0.2) is 35.3 Å². The van der Waals surface area contributed by atoms with Gasteiger partial charge in [0.15, 0.2) is 6.61 Å². The van der Waals surface area contributed by atoms with Crippen molar-refractivity contribution < 1.29 is 19.1 Å². The molecule has 0 bridgehead atoms. The van der Waals surface area contributed by atoms with Crippen molar-refractivity contribution in [2.45, 2.75) is 31.5 Å². The lowest BCUT2D eigenvalue weighted by molar-refractivity contribution is -0.122. The summed E-state index contributed by atoms with van der Waals surface area (Å²) in [6, 6.07) is 15.0. The Hall–Kier alpha value is -3.46. The molecule has 2 amide bonds. The Morgan fingerprint density at radius 2 is 1.88 bits per heavy atom. The summed E-state index contributed by atoms with van der Waals surface area (Å²) in [6.07, 6.45) is 0. The van der Waals surface area contributed by atoms with E-state index in [1.165, 1.54) is 0 Å². The summed E-state index contributed by atoms with van der Waals surface area (Å²) in [5, 5.41) is 10.4. The number of anilines is 1. The van der Waals surface area contributed by atoms with Crippen LogP contribution in [0.2, 0.25) is 0 Å². The average Bonchev–Trinajstić information content (AvgIpc) is 3.40. The number of aromatic nitrogens is 2. The highest BCUT2D eigenvalue weighted by Gasteiger charge is 2.25. The monoisotopic (exact) mass is 466 g/mol. The third-order valence-electron chi connectivity index (χ3n) is 5.27. The Labute approximate surface area is 196 Å². The molecular formula is C24H26N4O4S. The van der Waals surface area contributed by atoms with Gasteiger partial charge < -0.3 is 20.1 Å². The SMILES string of the molecule is COc1ccc(CNC(=O)Cn2nc3c(c2NC(=O)COc2ccccc2C)CSC3)cc1. The van der Waals surface area contributed by atoms with Gasteiger partial charge in [0.2, 0.25) is 5.91 Å². The van der Waals surface area contributed by atoms with Crippen LogP contribution >= 0.6 is 11.8 Å². The molecule has 0 saturated carbocycles. The van der Waals surface area contributed by atoms with Gasteiger partial charge >= 0.3 is 0 Å². The van der Waals surface area contributed by atoms with Crippen LogP contribution in [0.5, 0.6) is 11.5 Å². The van der Waals surface area contributed by atoms with E-state index in [9.17, 15) is 9.59 Å². The Balaban J connectivity index is 1.37. The van der Waals surface area contributed by atoms with Crippen molar-refractivity contribution >= 4 is 29.4 Å². The minimum Gasteiger partial charge on any atom is -0.497 e. The first-order chi connectivity index (χ1) is 16.0. The summed E-state index contributed by atoms with van der Waals surface area (Å²) in [7, 11) is 1.61. The second-order valence-corrected chi connectivity index (χ2v) is 8.64. The molecule has 33 heavy (non-hydrogen) atoms. The van der Waals surface area contributed by atoms with Crippen LogP contribution in [0.1, 0.15) is 22.4 Å². The highest BCUT2D eigenvalue weighted by Crippen LogP contribution is 2.34. The number of para-hydroxylation sites is 1. The first-order valence-corrected chi connectivity index (χ1v) is 11.7. The fraction of sp³-hybridized carbons (Fsp3) is 0.292. The summed E-state index contributed by atoms with van der Waals surface area (Å²) in [6.45, 7) is 2.21. The van der Waals surface area contributed by atoms with Crippen molar-refractivity contribution in [2.24, 2.45) is 0 Å². The highest BCUT2D eigenvalue weighted by molar-refractivity contribution is 7.98. The fourth-order valence-corrected chi connectivity index (χ4v) is 4.52. The molecule has 1 aliphatic heterocycles. The number of benzene rings is 2. The lowest BCUT2D eigenvalue weighted by Crippen LogP contribution is -2.29. The van der Waals surface area contributed by atoms with E-state index in [0.717, 1.165) is 39.6 Å². The molecule has 0 aliphatic carbocycles. The zero-order chi connectivity index (χ0) is 23.2. The third kappa shape index (κ3) is 5.67. The van der Waals surface area contributed by atoms with Crippen LogP contribution < -0.4 is 20.1 Å². The standard InChI is InChI=1S/C24H26N4O4S/c1-16-5-3-4-6-21(16)32-13-23(30)26-24-19-14-33-15-20(19)27-28(24)12-22(29)25-11-17-7-9-18(31-2)10-8-17/h3-10H,11-15H2,1-2H3,(H,25,29)(H,26,30). The molecule has 2 heterocycles. The van der Waals surface area contributed by atoms with Crippen LogP contribution in [0.4, 0.5) is 5.82 Å². The molecule has 3 aromatic rings. The van der Waals surface area contributed by atoms with Crippen molar-refractivity contribution in [3.63, 3.8) is 0 Å². The number of carbonyl (C=O) groups excluding carboxylic acids is 2. The summed E-state index contributed by atoms with van der Waals surface area (Å²) in [4.78, 5) is 25.2. The maximum absolute atomic E-state index is 12.6. The summed E-state index contributed by atoms with van der Waals surface area (Å²) in [5.41, 5.74) is 3.79. The van der Waals surface area contributed by atoms with Gasteiger partial charge in [0.25, 0.3) is 5.91 Å². The van der Waals surface area contributed by atoms with E-state index in [1.54, 1.807) is 23.6 Å². The lowest BCUT2D eigenvalue weighted by Gasteiger charge is -2.13. The van der Waals surface area contributed by atoms with E-state index in [4.69, 9.17) is 9.47 Å². The molecule has 0 unspecified atom stereocenters. The number of nitrogens with zero attached hydrogens (tertiary/aromatic N) is 2. The van der Waals surface area contributed by atoms with Crippen molar-refractivity contribution in [3.8, 4) is 11.5 Å². The molecule has 8 nitrogen and oxygen atoms in total. The number of ether oxygens (including phenoxy) is 2. The van der Waals surface area contributed by atoms with Gasteiger partial charge in [0.05, 0.1) is 12.8 Å². The minimum absolute atomic E-state index is 0.0160. The predicted molar refractivity (Wildman–Crippen MR) is 127 cm³/mol. The number of hydrogen-bond acceptors (Lipinski definition) is 6. The molecule has 172 valence electrons. The van der Waals surface area contributed by atoms with Crippen LogP contribution in [0.15, 0.2) is 48.5 Å². The Kier molecular flexibility index (Phi) is 7.19. The average molecular weight is 467 g/mol. The molecule has 2 N–H and O–H groups in total. The Morgan fingerprint density at radius 3 is 2.64 bits per heavy atom. The second-order valence-electron chi connectivity index (χ2n) is 7.65. The molecule has 0 radical (unpaired) electrons. The van der Waals surface area contributed by atoms with Crippen LogP contribution in [0.25, 0.3) is 0 Å². The van der Waals surface area contributed by atoms with Gasteiger partial charge in [0, 0.05) is 23.6 Å². The molecule has 4 rings (SSSR count). The number of nitrogens with one attached hydrogen (secondary N) is 2. The van der Waals surface area contributed by atoms with Crippen LogP contribution in [0, 0.1) is 6.92 Å². The molecule has 2 aromatic carbocycles. The number of aryl methyl sites for hydroxylation is 1. The van der Waals surface area contributed by atoms with E-state index in [0.29, 0.717) is 18.1 Å². The summed E-state index contributed by atoms with van der Waals surface area (Å²) < 4.78 is 12.4. The van der Waals surface area contributed by atoms with Crippen LogP contribution in [-0.2, 0) is 34.2 Å². The Morgan fingerprint density at radius 1 is 1.09 bits per heavy atom. The number of hydrogen-bond donors (Lipinski definition) is 2. The summed E-state index contributed by atoms with van der Waals surface area (Å²) >= 11 is 1.73. The maximum Gasteiger partial charge on any atom is 0.263 e. The number of fused-ring (bicyclic) bond motifs is 1. The van der Waals surface area contributed by atoms with E-state index in [1.807, 2.05) is 55.5 Å². The molecule has 0 atom stereocenters. The third-order valence-corrected chi connectivity index (χ3v) is 6.24. The molecule has 0 saturated heterocycles. The molecule has 0 fully saturated rings. The first kappa shape index (κ1) is 22.7. The Bertz CT molecular complexity index is 1140. The van der Waals surface area contributed by atoms with E-state index in [2.05, 4.69) is 15.7 Å². The zero-order valence-corrected chi connectivity index (χ0v) is 19.4. The maximum atomic E-state index is 12.6. The predicted octanol–water partition coefficient (Wildman–Crippen LogP) is 3.28. The number of amides is 2. The number of carbonyl (C=O) groups is 2. The van der Waals surface area contributed by atoms with E-state index in [-0.39, 0.29) is 25.0 Å². The molecule has 0 spiro atoms. The number of rotatable bonds is 9. The van der Waals surface area contributed by atoms with E-state index >= 15 is 0 Å². The smallest absolute Gasteiger partial charge is 0.263 e. The lowest BCUT2D eigenvalue weighted by atomic mass is 10.2. The number of methoxy groups -OCH3 is 1. The second kappa shape index (κ2) is 10.4. The van der Waals surface area contributed by atoms with Gasteiger partial charge in [-0.3, -0.25) is 9.59 Å². The van der Waals surface area contributed by atoms with Gasteiger partial charge in [-0.2, -0.15) is 16.9 Å². The minimum atomic E-state index is -0.294. The van der Waals surface area contributed by atoms with Crippen molar-refractivity contribution in [3.05, 3.63) is 70.9 Å². The van der Waals surface area contributed by atoms with Crippen molar-refractivity contribution in [1.29, 1.82) is 0 Å². The van der Waals surface area contributed by atoms with Crippen molar-refractivity contribution in [1.82, 2.24) is 15.1 Å². The van der Waals surface area contributed by atoms with Gasteiger partial charge in [-0.15, -0.1) is 0 Å². The van der Waals surface area contributed by atoms with Crippen molar-refractivity contribution in [2.75, 3.05) is 19.0 Å². The largest absolute Gasteiger partial charge is 0.497 e. The van der Waals surface area contributed by atoms with Gasteiger partial charge in [-0.05, 0) is 36.2 Å². The quantitative estimate of drug-likeness (QED) is 0.503. The normalized spacial score (nSPS) is 12.2. The first-order valence-electron chi connectivity index (χ1n) is 10.6. The highest BCUT2D eigenvalue weighted by atomic mass is 32.2. The van der Waals surface area contributed by atoms with Gasteiger partial charge in [0.1, 0.15) is 23.9 Å². The summed E-state index contributed by atoms with van der Waals surface area (Å²) in [5.74, 6) is 3.02. The molecule has 1 aromatic heterocycles.